The van der Waals surface area contributed by atoms with Crippen LogP contribution in [-0.4, -0.2) is 18.2 Å². The van der Waals surface area contributed by atoms with Crippen LogP contribution in [0.15, 0.2) is 60.7 Å². The molecule has 4 aliphatic carbocycles. The van der Waals surface area contributed by atoms with Gasteiger partial charge in [0.1, 0.15) is 5.75 Å². The predicted molar refractivity (Wildman–Crippen MR) is 137 cm³/mol. The summed E-state index contributed by atoms with van der Waals surface area (Å²) in [4.78, 5) is 11.2. The number of aryl methyl sites for hydroxylation is 1. The number of ether oxygens (including phenoxy) is 1. The fraction of sp³-hybridized carbons (Fsp3) is 0.452. The lowest BCUT2D eigenvalue weighted by Gasteiger charge is -2.57. The second-order valence-electron chi connectivity index (χ2n) is 11.2. The molecule has 3 nitrogen and oxygen atoms in total. The van der Waals surface area contributed by atoms with E-state index in [9.17, 15) is 18.0 Å². The highest BCUT2D eigenvalue weighted by atomic mass is 19.4. The van der Waals surface area contributed by atoms with Gasteiger partial charge < -0.3 is 9.84 Å². The summed E-state index contributed by atoms with van der Waals surface area (Å²) >= 11 is 0. The Hall–Kier alpha value is -3.02. The number of carbonyl (C=O) groups is 1. The molecular formula is C31H33F3O3. The molecule has 196 valence electrons. The number of hydrogen-bond donors (Lipinski definition) is 1. The van der Waals surface area contributed by atoms with Gasteiger partial charge in [0.15, 0.2) is 0 Å². The molecular weight excluding hydrogens is 477 g/mol. The van der Waals surface area contributed by atoms with Crippen molar-refractivity contribution in [2.24, 2.45) is 17.8 Å². The van der Waals surface area contributed by atoms with E-state index in [1.54, 1.807) is 13.2 Å². The zero-order chi connectivity index (χ0) is 26.2. The lowest BCUT2D eigenvalue weighted by atomic mass is 9.47. The van der Waals surface area contributed by atoms with Gasteiger partial charge >= 0.3 is 12.1 Å². The molecule has 6 rings (SSSR count). The summed E-state index contributed by atoms with van der Waals surface area (Å²) in [6.07, 6.45) is 8.81. The van der Waals surface area contributed by atoms with E-state index in [-0.39, 0.29) is 5.41 Å². The average molecular weight is 511 g/mol. The molecule has 37 heavy (non-hydrogen) atoms. The Bertz CT molecular complexity index is 1190. The molecule has 0 radical (unpaired) electrons. The molecule has 0 aliphatic heterocycles. The van der Waals surface area contributed by atoms with Gasteiger partial charge in [-0.25, -0.2) is 4.79 Å². The quantitative estimate of drug-likeness (QED) is 0.291. The van der Waals surface area contributed by atoms with E-state index in [4.69, 9.17) is 9.84 Å². The number of alkyl halides is 3. The van der Waals surface area contributed by atoms with E-state index in [1.165, 1.54) is 61.8 Å². The van der Waals surface area contributed by atoms with Crippen LogP contribution in [0.5, 0.6) is 5.75 Å². The monoisotopic (exact) mass is 510 g/mol. The third-order valence-electron chi connectivity index (χ3n) is 8.63. The fourth-order valence-electron chi connectivity index (χ4n) is 7.54. The first-order valence-electron chi connectivity index (χ1n) is 13.1. The van der Waals surface area contributed by atoms with Gasteiger partial charge in [0.05, 0.1) is 12.7 Å². The largest absolute Gasteiger partial charge is 0.497 e. The van der Waals surface area contributed by atoms with Crippen LogP contribution in [0.1, 0.15) is 67.2 Å². The van der Waals surface area contributed by atoms with Crippen LogP contribution < -0.4 is 4.74 Å². The summed E-state index contributed by atoms with van der Waals surface area (Å²) in [6, 6.07) is 11.4. The average Bonchev–Trinajstić information content (AvgIpc) is 2.84. The first-order valence-corrected chi connectivity index (χ1v) is 13.1. The molecule has 1 N–H and O–H groups in total. The minimum Gasteiger partial charge on any atom is -0.497 e. The Morgan fingerprint density at radius 3 is 2.30 bits per heavy atom. The van der Waals surface area contributed by atoms with Crippen molar-refractivity contribution in [3.63, 3.8) is 0 Å². The fourth-order valence-corrected chi connectivity index (χ4v) is 7.54. The number of rotatable bonds is 8. The second kappa shape index (κ2) is 10.0. The van der Waals surface area contributed by atoms with Gasteiger partial charge in [0.2, 0.25) is 0 Å². The van der Waals surface area contributed by atoms with Gasteiger partial charge in [0.25, 0.3) is 0 Å². The predicted octanol–water partition coefficient (Wildman–Crippen LogP) is 7.84. The molecule has 2 aromatic rings. The minimum atomic E-state index is -4.46. The smallest absolute Gasteiger partial charge is 0.416 e. The standard InChI is InChI=1S/C31H33F3O3/c1-37-27-10-8-24(28(16-27)30-17-20-12-21(18-30)14-22(13-20)19-30)5-2-4-23(9-11-29(35)36)25-6-3-7-26(15-25)31(32,33)34/h3-4,6-11,15-16,20-22H,2,5,12-14,17-19H2,1H3,(H,35,36)/b11-9-,23-4-. The summed E-state index contributed by atoms with van der Waals surface area (Å²) in [5.74, 6) is 2.13. The van der Waals surface area contributed by atoms with Crippen molar-refractivity contribution >= 4 is 11.5 Å². The van der Waals surface area contributed by atoms with Crippen LogP contribution in [0.3, 0.4) is 0 Å². The number of aliphatic carboxylic acids is 1. The number of methoxy groups -OCH3 is 1. The van der Waals surface area contributed by atoms with Gasteiger partial charge in [-0.1, -0.05) is 24.3 Å². The van der Waals surface area contributed by atoms with Gasteiger partial charge in [0, 0.05) is 6.08 Å². The highest BCUT2D eigenvalue weighted by Gasteiger charge is 2.52. The van der Waals surface area contributed by atoms with E-state index in [1.807, 2.05) is 12.1 Å². The normalized spacial score (nSPS) is 27.1. The third kappa shape index (κ3) is 5.48. The summed E-state index contributed by atoms with van der Waals surface area (Å²) < 4.78 is 45.5. The zero-order valence-electron chi connectivity index (χ0n) is 21.1. The molecule has 4 bridgehead atoms. The van der Waals surface area contributed by atoms with Crippen LogP contribution in [0.25, 0.3) is 5.57 Å². The van der Waals surface area contributed by atoms with E-state index in [2.05, 4.69) is 12.1 Å². The Balaban J connectivity index is 1.44. The lowest BCUT2D eigenvalue weighted by Crippen LogP contribution is -2.48. The minimum absolute atomic E-state index is 0.190. The summed E-state index contributed by atoms with van der Waals surface area (Å²) in [7, 11) is 1.69. The van der Waals surface area contributed by atoms with E-state index >= 15 is 0 Å². The third-order valence-corrected chi connectivity index (χ3v) is 8.63. The Morgan fingerprint density at radius 2 is 1.70 bits per heavy atom. The van der Waals surface area contributed by atoms with Crippen molar-refractivity contribution in [2.45, 2.75) is 63.0 Å². The molecule has 0 aromatic heterocycles. The zero-order valence-corrected chi connectivity index (χ0v) is 21.1. The molecule has 4 aliphatic rings. The molecule has 0 amide bonds. The van der Waals surface area contributed by atoms with Crippen LogP contribution in [0, 0.1) is 17.8 Å². The summed E-state index contributed by atoms with van der Waals surface area (Å²) in [5.41, 5.74) is 2.89. The highest BCUT2D eigenvalue weighted by molar-refractivity contribution is 5.85. The molecule has 6 heteroatoms. The Kier molecular flexibility index (Phi) is 6.95. The topological polar surface area (TPSA) is 46.5 Å². The van der Waals surface area contributed by atoms with E-state index < -0.39 is 17.7 Å². The van der Waals surface area contributed by atoms with Crippen molar-refractivity contribution in [3.8, 4) is 5.75 Å². The number of carboxylic acids is 1. The Labute approximate surface area is 216 Å². The highest BCUT2D eigenvalue weighted by Crippen LogP contribution is 2.61. The second-order valence-corrected chi connectivity index (χ2v) is 11.2. The van der Waals surface area contributed by atoms with Crippen molar-refractivity contribution < 1.29 is 27.8 Å². The Morgan fingerprint density at radius 1 is 1.03 bits per heavy atom. The molecule has 2 aromatic carbocycles. The van der Waals surface area contributed by atoms with Crippen molar-refractivity contribution in [2.75, 3.05) is 7.11 Å². The maximum atomic E-state index is 13.3. The number of halogens is 3. The maximum absolute atomic E-state index is 13.3. The van der Waals surface area contributed by atoms with Crippen LogP contribution in [0.2, 0.25) is 0 Å². The molecule has 0 spiro atoms. The van der Waals surface area contributed by atoms with Crippen LogP contribution in [0.4, 0.5) is 13.2 Å². The summed E-state index contributed by atoms with van der Waals surface area (Å²) in [6.45, 7) is 0. The molecule has 0 unspecified atom stereocenters. The SMILES string of the molecule is COc1ccc(CC/C=C(/C=C\C(=O)O)c2cccc(C(F)(F)F)c2)c(C23CC4CC(CC(C4)C2)C3)c1. The van der Waals surface area contributed by atoms with Crippen molar-refractivity contribution in [1.29, 1.82) is 0 Å². The van der Waals surface area contributed by atoms with E-state index in [0.29, 0.717) is 17.6 Å². The molecule has 4 saturated carbocycles. The first-order chi connectivity index (χ1) is 17.6. The van der Waals surface area contributed by atoms with Crippen LogP contribution >= 0.6 is 0 Å². The van der Waals surface area contributed by atoms with E-state index in [0.717, 1.165) is 48.1 Å². The van der Waals surface area contributed by atoms with Crippen molar-refractivity contribution in [3.05, 3.63) is 82.9 Å². The molecule has 0 saturated heterocycles. The lowest BCUT2D eigenvalue weighted by molar-refractivity contribution is -0.137. The molecule has 0 heterocycles. The number of hydrogen-bond acceptors (Lipinski definition) is 2. The molecule has 4 fully saturated rings. The van der Waals surface area contributed by atoms with Crippen LogP contribution in [-0.2, 0) is 22.8 Å². The van der Waals surface area contributed by atoms with Gasteiger partial charge in [-0.2, -0.15) is 13.2 Å². The van der Waals surface area contributed by atoms with Gasteiger partial charge in [-0.3, -0.25) is 0 Å². The van der Waals surface area contributed by atoms with Crippen molar-refractivity contribution in [1.82, 2.24) is 0 Å². The number of carboxylic acid groups (broad SMARTS) is 1. The van der Waals surface area contributed by atoms with Gasteiger partial charge in [-0.05, 0) is 127 Å². The molecule has 0 atom stereocenters. The number of benzene rings is 2. The first kappa shape index (κ1) is 25.6. The maximum Gasteiger partial charge on any atom is 0.416 e. The number of allylic oxidation sites excluding steroid dienone is 3. The summed E-state index contributed by atoms with van der Waals surface area (Å²) in [5, 5.41) is 9.13. The van der Waals surface area contributed by atoms with Gasteiger partial charge in [-0.15, -0.1) is 0 Å².